The van der Waals surface area contributed by atoms with Crippen LogP contribution in [0.3, 0.4) is 0 Å². The van der Waals surface area contributed by atoms with E-state index in [1.54, 1.807) is 17.3 Å². The minimum absolute atomic E-state index is 0.110. The van der Waals surface area contributed by atoms with E-state index >= 15 is 0 Å². The topological polar surface area (TPSA) is 59.0 Å². The molecule has 0 radical (unpaired) electrons. The summed E-state index contributed by atoms with van der Waals surface area (Å²) in [6, 6.07) is 0. The van der Waals surface area contributed by atoms with E-state index < -0.39 is 5.97 Å². The number of halogens is 1. The van der Waals surface area contributed by atoms with Gasteiger partial charge in [0.15, 0.2) is 6.73 Å². The van der Waals surface area contributed by atoms with Crippen molar-refractivity contribution < 1.29 is 14.3 Å². The first kappa shape index (κ1) is 11.9. The van der Waals surface area contributed by atoms with Crippen molar-refractivity contribution in [3.63, 3.8) is 0 Å². The number of nitrogens with zero attached hydrogens (tertiary/aromatic N) is 2. The van der Waals surface area contributed by atoms with Crippen molar-refractivity contribution in [2.75, 3.05) is 13.4 Å². The van der Waals surface area contributed by atoms with E-state index in [2.05, 4.69) is 20.9 Å². The van der Waals surface area contributed by atoms with Gasteiger partial charge in [0, 0.05) is 12.4 Å². The lowest BCUT2D eigenvalue weighted by Gasteiger charge is -2.20. The molecule has 1 aliphatic heterocycles. The van der Waals surface area contributed by atoms with Crippen LogP contribution >= 0.6 is 15.9 Å². The van der Waals surface area contributed by atoms with Crippen molar-refractivity contribution >= 4 is 33.9 Å². The number of hydrogen-bond donors (Lipinski definition) is 0. The number of carbonyl (C=O) groups is 2. The van der Waals surface area contributed by atoms with Gasteiger partial charge in [-0.1, -0.05) is 0 Å². The highest BCUT2D eigenvalue weighted by Gasteiger charge is 2.09. The highest BCUT2D eigenvalue weighted by atomic mass is 79.9. The summed E-state index contributed by atoms with van der Waals surface area (Å²) < 4.78 is 5.68. The van der Waals surface area contributed by atoms with Gasteiger partial charge in [0.1, 0.15) is 18.9 Å². The molecular weight excluding hydrogens is 264 g/mol. The van der Waals surface area contributed by atoms with E-state index in [1.807, 2.05) is 0 Å². The first-order chi connectivity index (χ1) is 7.08. The van der Waals surface area contributed by atoms with Crippen LogP contribution in [0.4, 0.5) is 0 Å². The lowest BCUT2D eigenvalue weighted by molar-refractivity contribution is -0.149. The fraction of sp³-hybridized carbons (Fsp3) is 0.444. The average molecular weight is 275 g/mol. The van der Waals surface area contributed by atoms with Gasteiger partial charge in [-0.2, -0.15) is 0 Å². The molecular formula is C9H11BrN2O3. The molecule has 1 aliphatic rings. The number of ether oxygens (including phenoxy) is 1. The minimum atomic E-state index is -0.512. The van der Waals surface area contributed by atoms with Gasteiger partial charge in [0.2, 0.25) is 0 Å². The zero-order valence-corrected chi connectivity index (χ0v) is 9.86. The molecule has 82 valence electrons. The number of aliphatic imine (C=N–C) groups is 1. The Balaban J connectivity index is 2.29. The van der Waals surface area contributed by atoms with Crippen LogP contribution in [0.25, 0.3) is 0 Å². The molecule has 0 aromatic heterocycles. The molecule has 6 heteroatoms. The number of Topliss-reactive ketones (excluding diaryl/α,β-unsaturated/α-hetero) is 1. The summed E-state index contributed by atoms with van der Waals surface area (Å²) in [4.78, 5) is 27.4. The molecule has 0 aliphatic carbocycles. The van der Waals surface area contributed by atoms with Crippen LogP contribution < -0.4 is 0 Å². The van der Waals surface area contributed by atoms with Crippen molar-refractivity contribution in [3.8, 4) is 0 Å². The van der Waals surface area contributed by atoms with Crippen molar-refractivity contribution in [1.82, 2.24) is 4.90 Å². The van der Waals surface area contributed by atoms with Crippen molar-refractivity contribution in [3.05, 3.63) is 10.7 Å². The van der Waals surface area contributed by atoms with Gasteiger partial charge in [-0.3, -0.25) is 14.6 Å². The second kappa shape index (κ2) is 5.65. The molecule has 0 saturated heterocycles. The van der Waals surface area contributed by atoms with Crippen LogP contribution in [-0.4, -0.2) is 36.3 Å². The normalized spacial score (nSPS) is 14.8. The molecule has 1 rings (SSSR count). The molecule has 15 heavy (non-hydrogen) atoms. The number of allylic oxidation sites excluding steroid dienone is 1. The maximum atomic E-state index is 11.0. The molecule has 0 unspecified atom stereocenters. The highest BCUT2D eigenvalue weighted by Crippen LogP contribution is 2.08. The minimum Gasteiger partial charge on any atom is -0.444 e. The smallest absolute Gasteiger partial charge is 0.315 e. The third kappa shape index (κ3) is 4.73. The number of carbonyl (C=O) groups excluding carboxylic acids is 2. The van der Waals surface area contributed by atoms with Gasteiger partial charge < -0.3 is 9.64 Å². The molecule has 1 heterocycles. The molecule has 0 spiro atoms. The Morgan fingerprint density at radius 1 is 1.67 bits per heavy atom. The van der Waals surface area contributed by atoms with Crippen LogP contribution in [-0.2, 0) is 14.3 Å². The number of esters is 1. The summed E-state index contributed by atoms with van der Waals surface area (Å²) in [6.45, 7) is 1.91. The second-order valence-corrected chi connectivity index (χ2v) is 4.00. The Labute approximate surface area is 95.9 Å². The first-order valence-corrected chi connectivity index (χ1v) is 5.13. The van der Waals surface area contributed by atoms with Gasteiger partial charge in [0.25, 0.3) is 0 Å². The van der Waals surface area contributed by atoms with E-state index in [-0.39, 0.29) is 18.9 Å². The van der Waals surface area contributed by atoms with Crippen LogP contribution in [0, 0.1) is 0 Å². The van der Waals surface area contributed by atoms with E-state index in [1.165, 1.54) is 6.92 Å². The zero-order chi connectivity index (χ0) is 11.3. The summed E-state index contributed by atoms with van der Waals surface area (Å²) in [6.07, 6.45) is 3.27. The van der Waals surface area contributed by atoms with Crippen LogP contribution in [0.15, 0.2) is 15.7 Å². The standard InChI is InChI=1S/C9H11BrN2O3/c1-7(13)2-9(14)15-6-12-4-8(10)3-11-5-12/h3-4H,2,5-6H2,1H3. The summed E-state index contributed by atoms with van der Waals surface area (Å²) in [7, 11) is 0. The van der Waals surface area contributed by atoms with Gasteiger partial charge >= 0.3 is 5.97 Å². The molecule has 0 fully saturated rings. The third-order valence-corrected chi connectivity index (χ3v) is 1.98. The summed E-state index contributed by atoms with van der Waals surface area (Å²) >= 11 is 3.25. The molecule has 0 amide bonds. The summed E-state index contributed by atoms with van der Waals surface area (Å²) in [5.74, 6) is -0.713. The largest absolute Gasteiger partial charge is 0.444 e. The molecule has 0 saturated carbocycles. The fourth-order valence-electron chi connectivity index (χ4n) is 0.969. The van der Waals surface area contributed by atoms with Crippen LogP contribution in [0.1, 0.15) is 13.3 Å². The lowest BCUT2D eigenvalue weighted by atomic mass is 10.3. The Morgan fingerprint density at radius 2 is 2.40 bits per heavy atom. The Bertz CT molecular complexity index is 325. The molecule has 0 aromatic rings. The van der Waals surface area contributed by atoms with Gasteiger partial charge in [-0.25, -0.2) is 0 Å². The molecule has 0 aromatic carbocycles. The summed E-state index contributed by atoms with van der Waals surface area (Å²) in [5, 5.41) is 0. The quantitative estimate of drug-likeness (QED) is 0.568. The van der Waals surface area contributed by atoms with E-state index in [4.69, 9.17) is 4.74 Å². The van der Waals surface area contributed by atoms with Crippen molar-refractivity contribution in [2.24, 2.45) is 4.99 Å². The SMILES string of the molecule is CC(=O)CC(=O)OCN1C=C(Br)C=NC1. The lowest BCUT2D eigenvalue weighted by Crippen LogP contribution is -2.26. The Kier molecular flexibility index (Phi) is 4.48. The second-order valence-electron chi connectivity index (χ2n) is 3.08. The first-order valence-electron chi connectivity index (χ1n) is 4.34. The predicted octanol–water partition coefficient (Wildman–Crippen LogP) is 1.05. The third-order valence-electron chi connectivity index (χ3n) is 1.57. The van der Waals surface area contributed by atoms with Crippen LogP contribution in [0.2, 0.25) is 0 Å². The maximum absolute atomic E-state index is 11.0. The van der Waals surface area contributed by atoms with E-state index in [9.17, 15) is 9.59 Å². The molecule has 0 atom stereocenters. The predicted molar refractivity (Wildman–Crippen MR) is 58.5 cm³/mol. The number of ketones is 1. The zero-order valence-electron chi connectivity index (χ0n) is 8.27. The average Bonchev–Trinajstić information content (AvgIpc) is 2.14. The van der Waals surface area contributed by atoms with Gasteiger partial charge in [0.05, 0.1) is 4.48 Å². The molecule has 5 nitrogen and oxygen atoms in total. The van der Waals surface area contributed by atoms with E-state index in [0.29, 0.717) is 6.67 Å². The molecule has 0 bridgehead atoms. The Morgan fingerprint density at radius 3 is 3.00 bits per heavy atom. The van der Waals surface area contributed by atoms with E-state index in [0.717, 1.165) is 4.48 Å². The van der Waals surface area contributed by atoms with Gasteiger partial charge in [-0.05, 0) is 22.9 Å². The fourth-order valence-corrected chi connectivity index (χ4v) is 1.40. The van der Waals surface area contributed by atoms with Crippen molar-refractivity contribution in [2.45, 2.75) is 13.3 Å². The highest BCUT2D eigenvalue weighted by molar-refractivity contribution is 9.12. The number of hydrogen-bond acceptors (Lipinski definition) is 5. The Hall–Kier alpha value is -1.17. The van der Waals surface area contributed by atoms with Crippen molar-refractivity contribution in [1.29, 1.82) is 0 Å². The van der Waals surface area contributed by atoms with Gasteiger partial charge in [-0.15, -0.1) is 0 Å². The van der Waals surface area contributed by atoms with Crippen LogP contribution in [0.5, 0.6) is 0 Å². The monoisotopic (exact) mass is 274 g/mol. The maximum Gasteiger partial charge on any atom is 0.315 e. The number of rotatable bonds is 4. The molecule has 0 N–H and O–H groups in total. The summed E-state index contributed by atoms with van der Waals surface area (Å²) in [5.41, 5.74) is 0.